The lowest BCUT2D eigenvalue weighted by molar-refractivity contribution is -0.139. The monoisotopic (exact) mass is 284 g/mol. The number of carboxylic acids is 1. The molecule has 2 aliphatic heterocycles. The summed E-state index contributed by atoms with van der Waals surface area (Å²) >= 11 is 0. The van der Waals surface area contributed by atoms with E-state index >= 15 is 0 Å². The molecule has 0 aromatic rings. The Balaban J connectivity index is 1.68. The molecule has 0 aromatic heterocycles. The van der Waals surface area contributed by atoms with Crippen molar-refractivity contribution in [1.29, 1.82) is 0 Å². The van der Waals surface area contributed by atoms with Crippen LogP contribution in [-0.4, -0.2) is 72.7 Å². The van der Waals surface area contributed by atoms with E-state index in [1.807, 2.05) is 4.90 Å². The van der Waals surface area contributed by atoms with Gasteiger partial charge < -0.3 is 19.6 Å². The van der Waals surface area contributed by atoms with Gasteiger partial charge >= 0.3 is 5.97 Å². The van der Waals surface area contributed by atoms with Crippen molar-refractivity contribution < 1.29 is 19.4 Å². The molecule has 2 saturated heterocycles. The van der Waals surface area contributed by atoms with Gasteiger partial charge in [-0.25, -0.2) is 0 Å². The molecule has 2 fully saturated rings. The van der Waals surface area contributed by atoms with Gasteiger partial charge in [0.2, 0.25) is 5.91 Å². The Bertz CT molecular complexity index is 353. The van der Waals surface area contributed by atoms with E-state index in [2.05, 4.69) is 11.9 Å². The molecule has 2 rings (SSSR count). The number of rotatable bonds is 5. The molecular formula is C14H24N2O4. The first-order chi connectivity index (χ1) is 9.56. The van der Waals surface area contributed by atoms with Crippen LogP contribution < -0.4 is 0 Å². The second-order valence-electron chi connectivity index (χ2n) is 5.79. The summed E-state index contributed by atoms with van der Waals surface area (Å²) in [6, 6.07) is 0. The predicted molar refractivity (Wildman–Crippen MR) is 73.4 cm³/mol. The molecule has 0 spiro atoms. The number of piperidine rings is 1. The van der Waals surface area contributed by atoms with Gasteiger partial charge in [0.25, 0.3) is 0 Å². The molecule has 6 heteroatoms. The van der Waals surface area contributed by atoms with Crippen molar-refractivity contribution >= 4 is 11.9 Å². The maximum Gasteiger partial charge on any atom is 0.305 e. The topological polar surface area (TPSA) is 70.1 Å². The quantitative estimate of drug-likeness (QED) is 0.792. The molecule has 0 saturated carbocycles. The van der Waals surface area contributed by atoms with Crippen molar-refractivity contribution in [1.82, 2.24) is 9.80 Å². The van der Waals surface area contributed by atoms with Gasteiger partial charge in [-0.15, -0.1) is 0 Å². The molecule has 0 radical (unpaired) electrons. The van der Waals surface area contributed by atoms with Gasteiger partial charge in [-0.1, -0.05) is 0 Å². The lowest BCUT2D eigenvalue weighted by Gasteiger charge is -2.33. The predicted octanol–water partition coefficient (Wildman–Crippen LogP) is 0.420. The molecule has 20 heavy (non-hydrogen) atoms. The van der Waals surface area contributed by atoms with Crippen LogP contribution in [0, 0.1) is 5.92 Å². The molecule has 1 amide bonds. The zero-order chi connectivity index (χ0) is 14.5. The maximum atomic E-state index is 12.3. The number of likely N-dealkylation sites (tertiary alicyclic amines) is 2. The zero-order valence-corrected chi connectivity index (χ0v) is 12.1. The van der Waals surface area contributed by atoms with E-state index in [0.29, 0.717) is 0 Å². The second-order valence-corrected chi connectivity index (χ2v) is 5.79. The molecular weight excluding hydrogens is 260 g/mol. The number of carboxylic acid groups (broad SMARTS) is 1. The number of amides is 1. The van der Waals surface area contributed by atoms with Crippen molar-refractivity contribution in [2.24, 2.45) is 5.92 Å². The fraction of sp³-hybridized carbons (Fsp3) is 0.857. The summed E-state index contributed by atoms with van der Waals surface area (Å²) in [5.74, 6) is -0.397. The highest BCUT2D eigenvalue weighted by Gasteiger charge is 2.31. The van der Waals surface area contributed by atoms with Crippen molar-refractivity contribution in [3.05, 3.63) is 0 Å². The van der Waals surface area contributed by atoms with E-state index in [0.717, 1.165) is 45.4 Å². The van der Waals surface area contributed by atoms with Crippen LogP contribution in [0.15, 0.2) is 0 Å². The fourth-order valence-electron chi connectivity index (χ4n) is 2.95. The first-order valence-electron chi connectivity index (χ1n) is 7.37. The van der Waals surface area contributed by atoms with Crippen molar-refractivity contribution in [2.45, 2.75) is 31.8 Å². The van der Waals surface area contributed by atoms with E-state index in [1.54, 1.807) is 0 Å². The Labute approximate surface area is 119 Å². The summed E-state index contributed by atoms with van der Waals surface area (Å²) in [7, 11) is 2.05. The van der Waals surface area contributed by atoms with Crippen LogP contribution in [0.5, 0.6) is 0 Å². The summed E-state index contributed by atoms with van der Waals surface area (Å²) in [6.45, 7) is 3.61. The van der Waals surface area contributed by atoms with Crippen LogP contribution in [0.25, 0.3) is 0 Å². The van der Waals surface area contributed by atoms with Crippen LogP contribution >= 0.6 is 0 Å². The van der Waals surface area contributed by atoms with Gasteiger partial charge in [-0.2, -0.15) is 0 Å². The number of aliphatic carboxylic acids is 1. The fourth-order valence-corrected chi connectivity index (χ4v) is 2.95. The first-order valence-corrected chi connectivity index (χ1v) is 7.37. The molecule has 0 aromatic carbocycles. The number of ether oxygens (including phenoxy) is 1. The first kappa shape index (κ1) is 15.3. The normalized spacial score (nSPS) is 25.1. The summed E-state index contributed by atoms with van der Waals surface area (Å²) < 4.78 is 5.54. The Morgan fingerprint density at radius 1 is 1.20 bits per heavy atom. The number of hydrogen-bond acceptors (Lipinski definition) is 4. The Hall–Kier alpha value is -1.14. The highest BCUT2D eigenvalue weighted by atomic mass is 16.5. The lowest BCUT2D eigenvalue weighted by Crippen LogP contribution is -2.44. The average Bonchev–Trinajstić information content (AvgIpc) is 2.85. The Morgan fingerprint density at radius 2 is 1.90 bits per heavy atom. The van der Waals surface area contributed by atoms with Gasteiger partial charge in [0.15, 0.2) is 0 Å². The minimum absolute atomic E-state index is 0.0492. The van der Waals surface area contributed by atoms with Gasteiger partial charge in [-0.05, 0) is 32.9 Å². The van der Waals surface area contributed by atoms with E-state index in [-0.39, 0.29) is 31.0 Å². The highest BCUT2D eigenvalue weighted by molar-refractivity contribution is 5.79. The lowest BCUT2D eigenvalue weighted by atomic mass is 10.0. The smallest absolute Gasteiger partial charge is 0.305 e. The minimum atomic E-state index is -0.831. The summed E-state index contributed by atoms with van der Waals surface area (Å²) in [6.07, 6.45) is 2.74. The van der Waals surface area contributed by atoms with Gasteiger partial charge in [0, 0.05) is 19.6 Å². The average molecular weight is 284 g/mol. The van der Waals surface area contributed by atoms with E-state index in [1.165, 1.54) is 0 Å². The molecule has 6 nitrogen and oxygen atoms in total. The van der Waals surface area contributed by atoms with E-state index in [9.17, 15) is 9.59 Å². The standard InChI is InChI=1S/C14H24N2O4/c1-15-6-2-11(10-15)14(19)16-7-3-12(4-8-16)20-9-5-13(17)18/h11-12H,2-10H2,1H3,(H,17,18). The third kappa shape index (κ3) is 4.18. The van der Waals surface area contributed by atoms with Crippen LogP contribution in [0.1, 0.15) is 25.7 Å². The largest absolute Gasteiger partial charge is 0.481 e. The molecule has 2 aliphatic rings. The van der Waals surface area contributed by atoms with Gasteiger partial charge in [0.1, 0.15) is 0 Å². The third-order valence-corrected chi connectivity index (χ3v) is 4.16. The van der Waals surface area contributed by atoms with E-state index < -0.39 is 5.97 Å². The number of nitrogens with zero attached hydrogens (tertiary/aromatic N) is 2. The van der Waals surface area contributed by atoms with Gasteiger partial charge in [0.05, 0.1) is 25.0 Å². The molecule has 114 valence electrons. The molecule has 1 unspecified atom stereocenters. The van der Waals surface area contributed by atoms with Crippen molar-refractivity contribution in [3.8, 4) is 0 Å². The molecule has 0 bridgehead atoms. The van der Waals surface area contributed by atoms with Crippen LogP contribution in [-0.2, 0) is 14.3 Å². The molecule has 1 atom stereocenters. The van der Waals surface area contributed by atoms with Crippen molar-refractivity contribution in [2.75, 3.05) is 39.8 Å². The third-order valence-electron chi connectivity index (χ3n) is 4.16. The Morgan fingerprint density at radius 3 is 2.45 bits per heavy atom. The maximum absolute atomic E-state index is 12.3. The molecule has 0 aliphatic carbocycles. The summed E-state index contributed by atoms with van der Waals surface area (Å²) in [5, 5.41) is 8.56. The van der Waals surface area contributed by atoms with E-state index in [4.69, 9.17) is 9.84 Å². The minimum Gasteiger partial charge on any atom is -0.481 e. The van der Waals surface area contributed by atoms with Crippen LogP contribution in [0.4, 0.5) is 0 Å². The number of carbonyl (C=O) groups excluding carboxylic acids is 1. The number of hydrogen-bond donors (Lipinski definition) is 1. The van der Waals surface area contributed by atoms with Gasteiger partial charge in [-0.3, -0.25) is 9.59 Å². The molecule has 2 heterocycles. The summed E-state index contributed by atoms with van der Waals surface area (Å²) in [5.41, 5.74) is 0. The second kappa shape index (κ2) is 7.04. The van der Waals surface area contributed by atoms with Crippen molar-refractivity contribution in [3.63, 3.8) is 0 Å². The molecule has 1 N–H and O–H groups in total. The zero-order valence-electron chi connectivity index (χ0n) is 12.1. The number of carbonyl (C=O) groups is 2. The highest BCUT2D eigenvalue weighted by Crippen LogP contribution is 2.21. The Kier molecular flexibility index (Phi) is 5.37. The summed E-state index contributed by atoms with van der Waals surface area (Å²) in [4.78, 5) is 26.9. The van der Waals surface area contributed by atoms with Crippen LogP contribution in [0.2, 0.25) is 0 Å². The van der Waals surface area contributed by atoms with Crippen LogP contribution in [0.3, 0.4) is 0 Å². The SMILES string of the molecule is CN1CCC(C(=O)N2CCC(OCCC(=O)O)CC2)C1.